The van der Waals surface area contributed by atoms with Crippen molar-refractivity contribution in [2.24, 2.45) is 5.92 Å². The maximum Gasteiger partial charge on any atom is 0.236 e. The lowest BCUT2D eigenvalue weighted by atomic mass is 9.91. The minimum atomic E-state index is 0.340. The first-order chi connectivity index (χ1) is 10.7. The van der Waals surface area contributed by atoms with Crippen LogP contribution in [0.4, 0.5) is 0 Å². The van der Waals surface area contributed by atoms with E-state index >= 15 is 0 Å². The van der Waals surface area contributed by atoms with Gasteiger partial charge in [-0.3, -0.25) is 14.8 Å². The highest BCUT2D eigenvalue weighted by molar-refractivity contribution is 5.78. The fraction of sp³-hybridized carbons (Fsp3) is 0.765. The molecule has 4 rings (SSSR count). The van der Waals surface area contributed by atoms with E-state index in [-0.39, 0.29) is 0 Å². The van der Waals surface area contributed by atoms with Gasteiger partial charge < -0.3 is 4.90 Å². The van der Waals surface area contributed by atoms with Crippen molar-refractivity contribution >= 4 is 5.91 Å². The Morgan fingerprint density at radius 2 is 2.14 bits per heavy atom. The van der Waals surface area contributed by atoms with Crippen molar-refractivity contribution in [3.05, 3.63) is 17.5 Å². The Morgan fingerprint density at radius 1 is 1.32 bits per heavy atom. The molecular weight excluding hydrogens is 276 g/mol. The minimum Gasteiger partial charge on any atom is -0.342 e. The lowest BCUT2D eigenvalue weighted by molar-refractivity contribution is -0.133. The number of likely N-dealkylation sites (tertiary alicyclic amines) is 2. The predicted molar refractivity (Wildman–Crippen MR) is 84.6 cm³/mol. The summed E-state index contributed by atoms with van der Waals surface area (Å²) in [5.74, 6) is 1.74. The smallest absolute Gasteiger partial charge is 0.236 e. The van der Waals surface area contributed by atoms with Crippen LogP contribution < -0.4 is 0 Å². The Kier molecular flexibility index (Phi) is 3.68. The molecule has 0 aromatic carbocycles. The summed E-state index contributed by atoms with van der Waals surface area (Å²) in [5.41, 5.74) is 2.52. The highest BCUT2D eigenvalue weighted by atomic mass is 16.2. The molecule has 3 aliphatic rings. The van der Waals surface area contributed by atoms with Gasteiger partial charge in [-0.25, -0.2) is 0 Å². The summed E-state index contributed by atoms with van der Waals surface area (Å²) in [6.07, 6.45) is 8.02. The molecule has 120 valence electrons. The summed E-state index contributed by atoms with van der Waals surface area (Å²) in [6, 6.07) is 0.694. The Hall–Kier alpha value is -1.36. The Morgan fingerprint density at radius 3 is 2.73 bits per heavy atom. The number of hydrogen-bond acceptors (Lipinski definition) is 3. The molecule has 1 saturated carbocycles. The first kappa shape index (κ1) is 14.2. The van der Waals surface area contributed by atoms with E-state index in [2.05, 4.69) is 26.9 Å². The lowest BCUT2D eigenvalue weighted by Gasteiger charge is -2.34. The fourth-order valence-corrected chi connectivity index (χ4v) is 4.68. The highest BCUT2D eigenvalue weighted by Gasteiger charge is 2.39. The normalized spacial score (nSPS) is 29.4. The molecule has 1 aromatic rings. The molecule has 1 N–H and O–H groups in total. The maximum atomic E-state index is 12.6. The monoisotopic (exact) mass is 302 g/mol. The standard InChI is InChI=1S/C17H26N4O/c1-12-9-18-19-17(12)14-4-6-20(7-5-14)16(22)11-21-10-13-2-3-15(21)8-13/h9,13-15H,2-8,10-11H2,1H3,(H,18,19)/t13-,15+/m1/s1. The van der Waals surface area contributed by atoms with Crippen LogP contribution in [0.25, 0.3) is 0 Å². The number of aromatic nitrogens is 2. The van der Waals surface area contributed by atoms with Crippen LogP contribution >= 0.6 is 0 Å². The van der Waals surface area contributed by atoms with Crippen LogP contribution in [-0.2, 0) is 4.79 Å². The van der Waals surface area contributed by atoms with Crippen molar-refractivity contribution in [3.8, 4) is 0 Å². The van der Waals surface area contributed by atoms with Crippen LogP contribution in [0.2, 0.25) is 0 Å². The maximum absolute atomic E-state index is 12.6. The summed E-state index contributed by atoms with van der Waals surface area (Å²) in [6.45, 7) is 5.70. The summed E-state index contributed by atoms with van der Waals surface area (Å²) < 4.78 is 0. The SMILES string of the molecule is Cc1cn[nH]c1C1CCN(C(=O)CN2C[C@@H]3CC[C@H]2C3)CC1. The number of rotatable bonds is 3. The van der Waals surface area contributed by atoms with Crippen molar-refractivity contribution in [1.82, 2.24) is 20.0 Å². The Labute approximate surface area is 132 Å². The van der Waals surface area contributed by atoms with Gasteiger partial charge in [0.25, 0.3) is 0 Å². The third-order valence-corrected chi connectivity index (χ3v) is 5.98. The number of aromatic amines is 1. The van der Waals surface area contributed by atoms with Gasteiger partial charge in [0, 0.05) is 37.3 Å². The van der Waals surface area contributed by atoms with Crippen LogP contribution in [0.3, 0.4) is 0 Å². The summed E-state index contributed by atoms with van der Waals surface area (Å²) in [7, 11) is 0. The van der Waals surface area contributed by atoms with E-state index in [0.717, 1.165) is 38.4 Å². The number of nitrogens with one attached hydrogen (secondary N) is 1. The lowest BCUT2D eigenvalue weighted by Crippen LogP contribution is -2.45. The first-order valence-corrected chi connectivity index (χ1v) is 8.72. The number of carbonyl (C=O) groups excluding carboxylic acids is 1. The van der Waals surface area contributed by atoms with Crippen molar-refractivity contribution in [2.75, 3.05) is 26.2 Å². The van der Waals surface area contributed by atoms with Crippen molar-refractivity contribution < 1.29 is 4.79 Å². The van der Waals surface area contributed by atoms with E-state index < -0.39 is 0 Å². The molecule has 1 aromatic heterocycles. The molecule has 2 atom stereocenters. The third-order valence-electron chi connectivity index (χ3n) is 5.98. The van der Waals surface area contributed by atoms with Gasteiger partial charge >= 0.3 is 0 Å². The number of nitrogens with zero attached hydrogens (tertiary/aromatic N) is 3. The quantitative estimate of drug-likeness (QED) is 0.928. The molecule has 2 saturated heterocycles. The van der Waals surface area contributed by atoms with Gasteiger partial charge in [0.1, 0.15) is 0 Å². The second-order valence-electron chi connectivity index (χ2n) is 7.38. The molecular formula is C17H26N4O. The van der Waals surface area contributed by atoms with Crippen molar-refractivity contribution in [3.63, 3.8) is 0 Å². The molecule has 0 radical (unpaired) electrons. The molecule has 2 bridgehead atoms. The molecule has 1 aliphatic carbocycles. The van der Waals surface area contributed by atoms with Crippen molar-refractivity contribution in [1.29, 1.82) is 0 Å². The van der Waals surface area contributed by atoms with E-state index in [0.29, 0.717) is 24.4 Å². The zero-order valence-electron chi connectivity index (χ0n) is 13.4. The average molecular weight is 302 g/mol. The van der Waals surface area contributed by atoms with Crippen LogP contribution in [0.5, 0.6) is 0 Å². The molecule has 0 unspecified atom stereocenters. The van der Waals surface area contributed by atoms with Gasteiger partial charge in [-0.15, -0.1) is 0 Å². The second-order valence-corrected chi connectivity index (χ2v) is 7.38. The second kappa shape index (κ2) is 5.69. The van der Waals surface area contributed by atoms with E-state index in [4.69, 9.17) is 0 Å². The topological polar surface area (TPSA) is 52.2 Å². The van der Waals surface area contributed by atoms with Crippen LogP contribution in [0.1, 0.15) is 49.3 Å². The molecule has 22 heavy (non-hydrogen) atoms. The molecule has 0 spiro atoms. The number of H-pyrrole nitrogens is 1. The molecule has 3 fully saturated rings. The van der Waals surface area contributed by atoms with Gasteiger partial charge in [-0.1, -0.05) is 0 Å². The Bertz CT molecular complexity index is 547. The molecule has 5 heteroatoms. The summed E-state index contributed by atoms with van der Waals surface area (Å²) in [4.78, 5) is 17.1. The largest absolute Gasteiger partial charge is 0.342 e. The molecule has 3 heterocycles. The highest BCUT2D eigenvalue weighted by Crippen LogP contribution is 2.37. The van der Waals surface area contributed by atoms with E-state index in [1.807, 2.05) is 6.20 Å². The van der Waals surface area contributed by atoms with E-state index in [1.165, 1.54) is 30.5 Å². The van der Waals surface area contributed by atoms with Gasteiger partial charge in [-0.2, -0.15) is 5.10 Å². The first-order valence-electron chi connectivity index (χ1n) is 8.72. The van der Waals surface area contributed by atoms with E-state index in [1.54, 1.807) is 0 Å². The summed E-state index contributed by atoms with van der Waals surface area (Å²) in [5, 5.41) is 7.26. The zero-order chi connectivity index (χ0) is 15.1. The zero-order valence-corrected chi connectivity index (χ0v) is 13.4. The number of aryl methyl sites for hydroxylation is 1. The minimum absolute atomic E-state index is 0.340. The molecule has 2 aliphatic heterocycles. The van der Waals surface area contributed by atoms with Gasteiger partial charge in [0.05, 0.1) is 12.7 Å². The van der Waals surface area contributed by atoms with Gasteiger partial charge in [0.15, 0.2) is 0 Å². The number of hydrogen-bond donors (Lipinski definition) is 1. The molecule has 5 nitrogen and oxygen atoms in total. The number of amides is 1. The number of carbonyl (C=O) groups is 1. The molecule has 1 amide bonds. The summed E-state index contributed by atoms with van der Waals surface area (Å²) >= 11 is 0. The van der Waals surface area contributed by atoms with Gasteiger partial charge in [-0.05, 0) is 50.5 Å². The predicted octanol–water partition coefficient (Wildman–Crippen LogP) is 1.91. The van der Waals surface area contributed by atoms with Gasteiger partial charge in [0.2, 0.25) is 5.91 Å². The van der Waals surface area contributed by atoms with Crippen molar-refractivity contribution in [2.45, 2.75) is 51.0 Å². The average Bonchev–Trinajstić information content (AvgIpc) is 3.24. The third kappa shape index (κ3) is 2.56. The number of fused-ring (bicyclic) bond motifs is 2. The fourth-order valence-electron chi connectivity index (χ4n) is 4.68. The number of piperidine rings is 2. The van der Waals surface area contributed by atoms with Crippen LogP contribution in [-0.4, -0.2) is 58.1 Å². The van der Waals surface area contributed by atoms with Crippen LogP contribution in [0.15, 0.2) is 6.20 Å². The van der Waals surface area contributed by atoms with E-state index in [9.17, 15) is 4.79 Å². The Balaban J connectivity index is 1.30. The van der Waals surface area contributed by atoms with Crippen LogP contribution in [0, 0.1) is 12.8 Å².